The molecule has 3 atom stereocenters. The van der Waals surface area contributed by atoms with Crippen molar-refractivity contribution in [1.29, 1.82) is 0 Å². The fraction of sp³-hybridized carbons (Fsp3) is 0.157. The van der Waals surface area contributed by atoms with Crippen molar-refractivity contribution in [3.8, 4) is 28.7 Å². The predicted molar refractivity (Wildman–Crippen MR) is 418 cm³/mol. The number of hydrazone groups is 3. The van der Waals surface area contributed by atoms with Crippen molar-refractivity contribution in [3.05, 3.63) is 331 Å². The number of nitrogens with zero attached hydrogens (tertiary/aromatic N) is 6. The molecular formula is C83H62ClF11N8O11S3. The highest BCUT2D eigenvalue weighted by molar-refractivity contribution is 8.15. The molecule has 4 aliphatic rings. The van der Waals surface area contributed by atoms with Crippen LogP contribution in [0, 0.1) is 69.9 Å². The Hall–Kier alpha value is -12.3. The van der Waals surface area contributed by atoms with E-state index < -0.39 is 115 Å². The molecule has 602 valence electrons. The molecule has 117 heavy (non-hydrogen) atoms. The van der Waals surface area contributed by atoms with Gasteiger partial charge in [0.25, 0.3) is 29.5 Å². The summed E-state index contributed by atoms with van der Waals surface area (Å²) in [5.74, 6) is -15.2. The lowest BCUT2D eigenvalue weighted by molar-refractivity contribution is -0.123. The summed E-state index contributed by atoms with van der Waals surface area (Å²) in [5, 5.41) is 28.9. The van der Waals surface area contributed by atoms with E-state index in [2.05, 4.69) is 32.5 Å². The average Bonchev–Trinajstić information content (AvgIpc) is 1.66. The molecule has 0 spiro atoms. The molecule has 1 aliphatic carbocycles. The number of methoxy groups -OCH3 is 2. The number of amides is 5. The lowest BCUT2D eigenvalue weighted by Gasteiger charge is -2.24. The third-order valence-corrected chi connectivity index (χ3v) is 21.5. The van der Waals surface area contributed by atoms with Gasteiger partial charge in [-0.15, -0.1) is 0 Å². The number of rotatable bonds is 23. The van der Waals surface area contributed by atoms with Crippen LogP contribution in [0.1, 0.15) is 105 Å². The summed E-state index contributed by atoms with van der Waals surface area (Å²) in [6.07, 6.45) is 2.16. The van der Waals surface area contributed by atoms with Crippen LogP contribution < -0.4 is 34.3 Å². The molecule has 14 rings (SSSR count). The number of carbonyl (C=O) groups is 5. The van der Waals surface area contributed by atoms with Crippen LogP contribution in [0.4, 0.5) is 48.3 Å². The fourth-order valence-electron chi connectivity index (χ4n) is 11.6. The lowest BCUT2D eigenvalue weighted by atomic mass is 10.1. The van der Waals surface area contributed by atoms with Crippen LogP contribution in [0.3, 0.4) is 0 Å². The monoisotopic (exact) mass is 1690 g/mol. The number of likely N-dealkylation sites (N-methyl/N-ethyl adjacent to an activating group) is 1. The van der Waals surface area contributed by atoms with Gasteiger partial charge in [-0.25, -0.2) is 63.3 Å². The molecule has 3 aliphatic heterocycles. The average molecular weight is 1690 g/mol. The van der Waals surface area contributed by atoms with Crippen LogP contribution in [0.2, 0.25) is 5.02 Å². The second-order valence-electron chi connectivity index (χ2n) is 25.6. The summed E-state index contributed by atoms with van der Waals surface area (Å²) in [6, 6.07) is 43.1. The summed E-state index contributed by atoms with van der Waals surface area (Å²) < 4.78 is 184. The van der Waals surface area contributed by atoms with E-state index in [9.17, 15) is 77.4 Å². The van der Waals surface area contributed by atoms with Gasteiger partial charge < -0.3 is 39.4 Å². The molecular weight excluding hydrogens is 1630 g/mol. The molecule has 10 aromatic carbocycles. The summed E-state index contributed by atoms with van der Waals surface area (Å²) in [4.78, 5) is 64.2. The Morgan fingerprint density at radius 3 is 1.21 bits per heavy atom. The standard InChI is InChI=1S/C31H22F4N2O4S.C28H23F4N3O4S.C24H17ClF3N3O3S/c1-17(38)19-8-6-18(7-9-19)16-41-26-5-3-4-23(28(26)40-2)31-37(30(39)27-24(34)14-22(33)15-25(27)35)36-29(42-31)20-10-12-21(32)13-11-20;1-38-25-19(3-2-4-22(25)39-14-23(36)33-13-15-5-6-15)28-35(27(37)24-20(31)11-18(30)12-21(24)32)34-26(40-28)16-7-9-17(29)10-8-16;1-29-20(32)12-34-19-5-3-2-4-16(19)24-31(23(33)21-17(27)10-15(26)11-18(21)28)30-22(35-24)13-6-8-14(25)9-7-13/h3-15,31,38H,1,16H2,2H3;2-4,7-12,15,28H,5-6,13-14H2,1H3,(H,33,36);2-11,24H,12H2,1H3,(H,29,32). The van der Waals surface area contributed by atoms with Crippen molar-refractivity contribution in [3.63, 3.8) is 0 Å². The maximum absolute atomic E-state index is 14.7. The molecule has 19 nitrogen and oxygen atoms in total. The minimum Gasteiger partial charge on any atom is -0.508 e. The third kappa shape index (κ3) is 20.0. The van der Waals surface area contributed by atoms with Crippen LogP contribution in [0.25, 0.3) is 5.76 Å². The van der Waals surface area contributed by atoms with E-state index in [0.717, 1.165) is 68.7 Å². The first-order valence-electron chi connectivity index (χ1n) is 34.9. The Bertz CT molecular complexity index is 5500. The number of hydrogen-bond donors (Lipinski definition) is 3. The maximum atomic E-state index is 14.7. The number of ether oxygens (including phenoxy) is 5. The predicted octanol–water partition coefficient (Wildman–Crippen LogP) is 18.1. The van der Waals surface area contributed by atoms with E-state index in [1.54, 1.807) is 109 Å². The van der Waals surface area contributed by atoms with E-state index in [1.165, 1.54) is 69.8 Å². The molecule has 0 aromatic heterocycles. The van der Waals surface area contributed by atoms with Gasteiger partial charge in [-0.3, -0.25) is 24.0 Å². The fourth-order valence-corrected chi connectivity index (χ4v) is 15.3. The van der Waals surface area contributed by atoms with Crippen LogP contribution >= 0.6 is 46.9 Å². The lowest BCUT2D eigenvalue weighted by Crippen LogP contribution is -2.30. The van der Waals surface area contributed by atoms with Gasteiger partial charge in [0.15, 0.2) is 36.2 Å². The topological polar surface area (TPSA) is 223 Å². The molecule has 0 bridgehead atoms. The first-order valence-corrected chi connectivity index (χ1v) is 37.9. The smallest absolute Gasteiger partial charge is 0.281 e. The largest absolute Gasteiger partial charge is 0.508 e. The van der Waals surface area contributed by atoms with Gasteiger partial charge in [0, 0.05) is 94.0 Å². The Kier molecular flexibility index (Phi) is 27.0. The number of thioether (sulfide) groups is 3. The number of aliphatic hydroxyl groups excluding tert-OH is 1. The molecule has 3 N–H and O–H groups in total. The van der Waals surface area contributed by atoms with Crippen LogP contribution in [-0.2, 0) is 16.2 Å². The Balaban J connectivity index is 0.000000162. The van der Waals surface area contributed by atoms with E-state index >= 15 is 0 Å². The van der Waals surface area contributed by atoms with Crippen molar-refractivity contribution < 1.29 is 101 Å². The van der Waals surface area contributed by atoms with Gasteiger partial charge in [-0.2, -0.15) is 15.3 Å². The molecule has 3 unspecified atom stereocenters. The van der Waals surface area contributed by atoms with Crippen molar-refractivity contribution in [2.75, 3.05) is 41.0 Å². The number of hydrogen-bond acceptors (Lipinski definition) is 17. The van der Waals surface area contributed by atoms with Crippen LogP contribution in [0.5, 0.6) is 28.7 Å². The van der Waals surface area contributed by atoms with E-state index in [4.69, 9.17) is 35.3 Å². The number of halogens is 12. The minimum absolute atomic E-state index is 0.0624. The van der Waals surface area contributed by atoms with Gasteiger partial charge in [0.1, 0.15) is 130 Å². The first-order chi connectivity index (χ1) is 56.2. The first kappa shape index (κ1) is 84.1. The second-order valence-corrected chi connectivity index (χ2v) is 29.2. The second kappa shape index (κ2) is 37.5. The SMILES string of the molecule is C=C(O)c1ccc(COc2cccc(C3SC(c4ccc(F)cc4)=NN3C(=O)c3c(F)cc(F)cc3F)c2OC)cc1.CNC(=O)COc1ccccc1C1SC(c2ccc(Cl)cc2)=NN1C(=O)c1c(F)cc(F)cc1F.COc1c(OCC(=O)NCC2CC2)cccc1C1SC(c2ccc(F)cc2)=NN1C(=O)c1c(F)cc(F)cc1F. The zero-order valence-corrected chi connectivity index (χ0v) is 64.4. The highest BCUT2D eigenvalue weighted by Crippen LogP contribution is 2.51. The third-order valence-electron chi connectivity index (χ3n) is 17.6. The molecule has 1 saturated carbocycles. The van der Waals surface area contributed by atoms with Gasteiger partial charge >= 0.3 is 0 Å². The molecule has 0 saturated heterocycles. The molecule has 10 aromatic rings. The van der Waals surface area contributed by atoms with Gasteiger partial charge in [-0.1, -0.05) is 132 Å². The van der Waals surface area contributed by atoms with Gasteiger partial charge in [0.05, 0.1) is 14.2 Å². The van der Waals surface area contributed by atoms with Gasteiger partial charge in [-0.05, 0) is 103 Å². The van der Waals surface area contributed by atoms with Crippen molar-refractivity contribution >= 4 is 97.3 Å². The van der Waals surface area contributed by atoms with E-state index in [0.29, 0.717) is 104 Å². The number of nitrogens with one attached hydrogen (secondary N) is 2. The van der Waals surface area contributed by atoms with E-state index in [1.807, 2.05) is 0 Å². The Morgan fingerprint density at radius 1 is 0.462 bits per heavy atom. The molecule has 3 heterocycles. The maximum Gasteiger partial charge on any atom is 0.281 e. The minimum atomic E-state index is -1.39. The van der Waals surface area contributed by atoms with E-state index in [-0.39, 0.29) is 70.5 Å². The molecule has 34 heteroatoms. The molecule has 0 radical (unpaired) electrons. The van der Waals surface area contributed by atoms with Crippen molar-refractivity contribution in [1.82, 2.24) is 25.7 Å². The zero-order chi connectivity index (χ0) is 83.5. The van der Waals surface area contributed by atoms with Crippen molar-refractivity contribution in [2.24, 2.45) is 21.2 Å². The number of para-hydroxylation sites is 3. The zero-order valence-electron chi connectivity index (χ0n) is 61.2. The van der Waals surface area contributed by atoms with Gasteiger partial charge in [0.2, 0.25) is 0 Å². The number of aliphatic hydroxyl groups is 1. The highest BCUT2D eigenvalue weighted by atomic mass is 35.5. The quantitative estimate of drug-likeness (QED) is 0.0400. The molecule has 5 amide bonds. The summed E-state index contributed by atoms with van der Waals surface area (Å²) in [5.41, 5.74) is 1.13. The summed E-state index contributed by atoms with van der Waals surface area (Å²) in [6.45, 7) is 3.63. The van der Waals surface area contributed by atoms with Crippen molar-refractivity contribution in [2.45, 2.75) is 35.6 Å². The van der Waals surface area contributed by atoms with Crippen LogP contribution in [-0.4, -0.2) is 106 Å². The number of benzene rings is 10. The summed E-state index contributed by atoms with van der Waals surface area (Å²) in [7, 11) is 4.23. The number of carbonyl (C=O) groups excluding carboxylic acids is 5. The van der Waals surface area contributed by atoms with Crippen LogP contribution in [0.15, 0.2) is 216 Å². The summed E-state index contributed by atoms with van der Waals surface area (Å²) >= 11 is 9.22. The normalized spacial score (nSPS) is 15.3. The molecule has 1 fully saturated rings. The highest BCUT2D eigenvalue weighted by Gasteiger charge is 2.43. The Labute approximate surface area is 677 Å². The Morgan fingerprint density at radius 2 is 0.821 bits per heavy atom.